The third kappa shape index (κ3) is 3.06. The van der Waals surface area contributed by atoms with Crippen LogP contribution in [0.2, 0.25) is 0 Å². The molecule has 0 aromatic heterocycles. The highest BCUT2D eigenvalue weighted by Crippen LogP contribution is 2.39. The van der Waals surface area contributed by atoms with E-state index in [9.17, 15) is 13.2 Å². The Morgan fingerprint density at radius 3 is 2.41 bits per heavy atom. The van der Waals surface area contributed by atoms with Crippen molar-refractivity contribution < 1.29 is 22.7 Å². The van der Waals surface area contributed by atoms with Crippen molar-refractivity contribution in [3.05, 3.63) is 42.5 Å². The lowest BCUT2D eigenvalue weighted by atomic mass is 10.2. The fourth-order valence-electron chi connectivity index (χ4n) is 2.82. The van der Waals surface area contributed by atoms with Crippen LogP contribution in [0.4, 0.5) is 16.2 Å². The molecule has 0 fully saturated rings. The van der Waals surface area contributed by atoms with Crippen molar-refractivity contribution in [2.45, 2.75) is 11.8 Å². The monoisotopic (exact) mass is 386 g/mol. The highest BCUT2D eigenvalue weighted by molar-refractivity contribution is 7.94. The van der Waals surface area contributed by atoms with Crippen molar-refractivity contribution in [1.82, 2.24) is 0 Å². The quantitative estimate of drug-likeness (QED) is 0.756. The van der Waals surface area contributed by atoms with Gasteiger partial charge >= 0.3 is 6.03 Å². The molecule has 2 amide bonds. The number of fused-ring (bicyclic) bond motifs is 1. The number of urea groups is 1. The van der Waals surface area contributed by atoms with Gasteiger partial charge in [0.1, 0.15) is 4.90 Å². The molecule has 0 saturated heterocycles. The number of methoxy groups -OCH3 is 2. The van der Waals surface area contributed by atoms with E-state index in [1.54, 1.807) is 31.2 Å². The molecule has 2 aromatic rings. The molecule has 27 heavy (non-hydrogen) atoms. The second kappa shape index (κ2) is 7.21. The summed E-state index contributed by atoms with van der Waals surface area (Å²) in [6.07, 6.45) is 0. The second-order valence-electron chi connectivity index (χ2n) is 5.57. The fourth-order valence-corrected chi connectivity index (χ4v) is 4.41. The molecule has 1 aliphatic rings. The van der Waals surface area contributed by atoms with Crippen LogP contribution in [0.25, 0.3) is 0 Å². The summed E-state index contributed by atoms with van der Waals surface area (Å²) in [5.74, 6) is 6.29. The Hall–Kier alpha value is -3.18. The molecule has 0 N–H and O–H groups in total. The first-order valence-electron chi connectivity index (χ1n) is 8.03. The van der Waals surface area contributed by atoms with Crippen LogP contribution in [0, 0.1) is 11.8 Å². The number of benzene rings is 2. The summed E-state index contributed by atoms with van der Waals surface area (Å²) in [6, 6.07) is 10.1. The molecule has 0 aliphatic carbocycles. The molecule has 0 bridgehead atoms. The van der Waals surface area contributed by atoms with Crippen LogP contribution in [0.15, 0.2) is 47.4 Å². The Morgan fingerprint density at radius 2 is 1.74 bits per heavy atom. The van der Waals surface area contributed by atoms with E-state index in [2.05, 4.69) is 11.8 Å². The minimum absolute atomic E-state index is 0.0392. The maximum absolute atomic E-state index is 13.2. The number of anilines is 2. The van der Waals surface area contributed by atoms with E-state index in [1.807, 2.05) is 0 Å². The van der Waals surface area contributed by atoms with Crippen LogP contribution in [0.5, 0.6) is 11.5 Å². The Labute approximate surface area is 158 Å². The molecule has 0 radical (unpaired) electrons. The van der Waals surface area contributed by atoms with Gasteiger partial charge in [-0.3, -0.25) is 4.90 Å². The number of carbonyl (C=O) groups excluding carboxylic acids is 1. The number of rotatable bonds is 4. The standard InChI is InChI=1S/C19H18N2O5S/c1-4-5-12-20-15-8-6-7-9-18(15)27(23,24)21(19(20)22)14-10-11-16(25-2)17(13-14)26-3/h6-11,13H,12H2,1-3H3. The summed E-state index contributed by atoms with van der Waals surface area (Å²) in [7, 11) is -1.18. The molecule has 0 spiro atoms. The summed E-state index contributed by atoms with van der Waals surface area (Å²) >= 11 is 0. The number of carbonyl (C=O) groups is 1. The van der Waals surface area contributed by atoms with Crippen LogP contribution >= 0.6 is 0 Å². The van der Waals surface area contributed by atoms with Crippen LogP contribution in [0.1, 0.15) is 6.92 Å². The van der Waals surface area contributed by atoms with Gasteiger partial charge in [0.05, 0.1) is 32.1 Å². The summed E-state index contributed by atoms with van der Waals surface area (Å²) in [4.78, 5) is 14.5. The van der Waals surface area contributed by atoms with Gasteiger partial charge in [0.2, 0.25) is 0 Å². The van der Waals surface area contributed by atoms with Gasteiger partial charge in [0, 0.05) is 6.07 Å². The number of ether oxygens (including phenoxy) is 2. The normalized spacial score (nSPS) is 14.9. The number of sulfonamides is 1. The molecule has 1 heterocycles. The average molecular weight is 386 g/mol. The van der Waals surface area contributed by atoms with E-state index < -0.39 is 16.1 Å². The minimum Gasteiger partial charge on any atom is -0.493 e. The number of nitrogens with zero attached hydrogens (tertiary/aromatic N) is 2. The van der Waals surface area contributed by atoms with Crippen LogP contribution in [-0.4, -0.2) is 35.2 Å². The fraction of sp³-hybridized carbons (Fsp3) is 0.211. The van der Waals surface area contributed by atoms with Gasteiger partial charge < -0.3 is 9.47 Å². The van der Waals surface area contributed by atoms with Gasteiger partial charge in [-0.25, -0.2) is 13.2 Å². The van der Waals surface area contributed by atoms with Gasteiger partial charge in [0.25, 0.3) is 10.0 Å². The maximum atomic E-state index is 13.2. The lowest BCUT2D eigenvalue weighted by molar-refractivity contribution is 0.254. The third-order valence-electron chi connectivity index (χ3n) is 4.09. The second-order valence-corrected chi connectivity index (χ2v) is 7.33. The Kier molecular flexibility index (Phi) is 4.97. The van der Waals surface area contributed by atoms with Gasteiger partial charge in [-0.1, -0.05) is 18.1 Å². The number of para-hydroxylation sites is 1. The van der Waals surface area contributed by atoms with E-state index in [-0.39, 0.29) is 17.1 Å². The zero-order valence-corrected chi connectivity index (χ0v) is 15.9. The number of hydrogen-bond acceptors (Lipinski definition) is 5. The molecule has 0 unspecified atom stereocenters. The predicted octanol–water partition coefficient (Wildman–Crippen LogP) is 2.86. The highest BCUT2D eigenvalue weighted by Gasteiger charge is 2.42. The minimum atomic E-state index is -4.09. The van der Waals surface area contributed by atoms with Crippen LogP contribution in [0.3, 0.4) is 0 Å². The molecule has 3 rings (SSSR count). The Bertz CT molecular complexity index is 1050. The van der Waals surface area contributed by atoms with Gasteiger partial charge in [0.15, 0.2) is 11.5 Å². The van der Waals surface area contributed by atoms with Crippen molar-refractivity contribution in [3.8, 4) is 23.3 Å². The number of hydrogen-bond donors (Lipinski definition) is 0. The van der Waals surface area contributed by atoms with Crippen molar-refractivity contribution in [3.63, 3.8) is 0 Å². The van der Waals surface area contributed by atoms with E-state index in [4.69, 9.17) is 9.47 Å². The zero-order chi connectivity index (χ0) is 19.6. The Morgan fingerprint density at radius 1 is 1.04 bits per heavy atom. The summed E-state index contributed by atoms with van der Waals surface area (Å²) in [5.41, 5.74) is 0.462. The first-order valence-corrected chi connectivity index (χ1v) is 9.47. The molecule has 7 nitrogen and oxygen atoms in total. The van der Waals surface area contributed by atoms with E-state index in [0.717, 1.165) is 4.31 Å². The molecule has 0 saturated carbocycles. The molecule has 8 heteroatoms. The molecule has 2 aromatic carbocycles. The topological polar surface area (TPSA) is 76.2 Å². The van der Waals surface area contributed by atoms with E-state index in [1.165, 1.54) is 37.3 Å². The van der Waals surface area contributed by atoms with Gasteiger partial charge in [-0.05, 0) is 31.2 Å². The van der Waals surface area contributed by atoms with Crippen molar-refractivity contribution in [2.24, 2.45) is 0 Å². The highest BCUT2D eigenvalue weighted by atomic mass is 32.2. The predicted molar refractivity (Wildman–Crippen MR) is 102 cm³/mol. The molecule has 0 atom stereocenters. The van der Waals surface area contributed by atoms with Gasteiger partial charge in [-0.2, -0.15) is 4.31 Å². The van der Waals surface area contributed by atoms with Crippen LogP contribution in [-0.2, 0) is 10.0 Å². The molecular formula is C19H18N2O5S. The van der Waals surface area contributed by atoms with Crippen molar-refractivity contribution in [2.75, 3.05) is 30.0 Å². The zero-order valence-electron chi connectivity index (χ0n) is 15.1. The molecular weight excluding hydrogens is 368 g/mol. The average Bonchev–Trinajstić information content (AvgIpc) is 2.67. The summed E-state index contributed by atoms with van der Waals surface area (Å²) in [5, 5.41) is 0. The van der Waals surface area contributed by atoms with Crippen LogP contribution < -0.4 is 18.7 Å². The Balaban J connectivity index is 2.21. The third-order valence-corrected chi connectivity index (χ3v) is 5.84. The SMILES string of the molecule is CC#CCN1C(=O)N(c2ccc(OC)c(OC)c2)S(=O)(=O)c2ccccc21. The van der Waals surface area contributed by atoms with Crippen molar-refractivity contribution in [1.29, 1.82) is 0 Å². The largest absolute Gasteiger partial charge is 0.493 e. The summed E-state index contributed by atoms with van der Waals surface area (Å²) < 4.78 is 37.5. The first kappa shape index (κ1) is 18.6. The van der Waals surface area contributed by atoms with E-state index >= 15 is 0 Å². The number of amides is 2. The van der Waals surface area contributed by atoms with Gasteiger partial charge in [-0.15, -0.1) is 5.92 Å². The molecule has 140 valence electrons. The smallest absolute Gasteiger partial charge is 0.344 e. The van der Waals surface area contributed by atoms with E-state index in [0.29, 0.717) is 17.2 Å². The lowest BCUT2D eigenvalue weighted by Crippen LogP contribution is -2.51. The lowest BCUT2D eigenvalue weighted by Gasteiger charge is -2.35. The summed E-state index contributed by atoms with van der Waals surface area (Å²) in [6.45, 7) is 1.73. The maximum Gasteiger partial charge on any atom is 0.344 e. The first-order chi connectivity index (χ1) is 13.0. The van der Waals surface area contributed by atoms with Crippen molar-refractivity contribution >= 4 is 27.4 Å². The molecule has 1 aliphatic heterocycles.